The van der Waals surface area contributed by atoms with Gasteiger partial charge in [0.15, 0.2) is 0 Å². The summed E-state index contributed by atoms with van der Waals surface area (Å²) in [5, 5.41) is 3.90. The van der Waals surface area contributed by atoms with Crippen molar-refractivity contribution >= 4 is 16.9 Å². The van der Waals surface area contributed by atoms with Crippen molar-refractivity contribution in [3.05, 3.63) is 34.6 Å². The Morgan fingerprint density at radius 1 is 1.36 bits per heavy atom. The third kappa shape index (κ3) is 3.64. The summed E-state index contributed by atoms with van der Waals surface area (Å²) in [5.74, 6) is 0.593. The molecule has 2 aromatic rings. The van der Waals surface area contributed by atoms with Gasteiger partial charge in [-0.15, -0.1) is 0 Å². The number of nitrogens with one attached hydrogen (secondary N) is 1. The number of anilines is 1. The zero-order chi connectivity index (χ0) is 16.1. The van der Waals surface area contributed by atoms with E-state index in [-0.39, 0.29) is 11.6 Å². The lowest BCUT2D eigenvalue weighted by molar-refractivity contribution is 0.161. The third-order valence-electron chi connectivity index (χ3n) is 3.50. The molecule has 0 aliphatic rings. The minimum atomic E-state index is -0.0866. The Kier molecular flexibility index (Phi) is 5.51. The molecule has 0 aliphatic heterocycles. The van der Waals surface area contributed by atoms with E-state index in [1.807, 2.05) is 45.3 Å². The Morgan fingerprint density at radius 2 is 2.09 bits per heavy atom. The molecule has 6 heteroatoms. The number of ether oxygens (including phenoxy) is 1. The van der Waals surface area contributed by atoms with Crippen molar-refractivity contribution in [2.75, 3.05) is 46.2 Å². The fourth-order valence-corrected chi connectivity index (χ4v) is 2.39. The molecule has 0 fully saturated rings. The molecule has 0 aliphatic carbocycles. The topological polar surface area (TPSA) is 59.4 Å². The van der Waals surface area contributed by atoms with Gasteiger partial charge in [-0.3, -0.25) is 9.36 Å². The molecule has 1 unspecified atom stereocenters. The first-order valence-electron chi connectivity index (χ1n) is 7.43. The fourth-order valence-electron chi connectivity index (χ4n) is 2.39. The van der Waals surface area contributed by atoms with E-state index in [1.54, 1.807) is 11.7 Å². The van der Waals surface area contributed by atoms with E-state index in [9.17, 15) is 4.79 Å². The molecule has 2 rings (SSSR count). The molecule has 1 aromatic heterocycles. The molecule has 1 atom stereocenters. The SMILES string of the molecule is COCC(C)n1c(NCCN(C)C)nc2ccccc2c1=O. The zero-order valence-electron chi connectivity index (χ0n) is 13.7. The lowest BCUT2D eigenvalue weighted by Crippen LogP contribution is -2.31. The van der Waals surface area contributed by atoms with Crippen LogP contribution in [0.5, 0.6) is 0 Å². The second kappa shape index (κ2) is 7.38. The Balaban J connectivity index is 2.46. The van der Waals surface area contributed by atoms with Crippen LogP contribution in [-0.4, -0.2) is 55.4 Å². The van der Waals surface area contributed by atoms with Crippen LogP contribution < -0.4 is 10.9 Å². The molecule has 0 radical (unpaired) electrons. The Hall–Kier alpha value is -1.92. The Labute approximate surface area is 130 Å². The number of rotatable bonds is 7. The highest BCUT2D eigenvalue weighted by atomic mass is 16.5. The normalized spacial score (nSPS) is 12.8. The second-order valence-electron chi connectivity index (χ2n) is 5.66. The van der Waals surface area contributed by atoms with Gasteiger partial charge in [-0.05, 0) is 33.2 Å². The van der Waals surface area contributed by atoms with Crippen LogP contribution in [0.3, 0.4) is 0 Å². The number of hydrogen-bond donors (Lipinski definition) is 1. The van der Waals surface area contributed by atoms with E-state index >= 15 is 0 Å². The van der Waals surface area contributed by atoms with Gasteiger partial charge in [0, 0.05) is 20.2 Å². The molecule has 22 heavy (non-hydrogen) atoms. The molecule has 1 N–H and O–H groups in total. The number of benzene rings is 1. The van der Waals surface area contributed by atoms with Crippen molar-refractivity contribution in [3.8, 4) is 0 Å². The van der Waals surface area contributed by atoms with Crippen LogP contribution in [0.4, 0.5) is 5.95 Å². The van der Waals surface area contributed by atoms with E-state index in [0.29, 0.717) is 23.5 Å². The van der Waals surface area contributed by atoms with Crippen LogP contribution in [0.25, 0.3) is 10.9 Å². The standard InChI is InChI=1S/C16H24N4O2/c1-12(11-22-4)20-15(21)13-7-5-6-8-14(13)18-16(20)17-9-10-19(2)3/h5-8,12H,9-11H2,1-4H3,(H,17,18). The summed E-state index contributed by atoms with van der Waals surface area (Å²) in [6.07, 6.45) is 0. The quantitative estimate of drug-likeness (QED) is 0.841. The van der Waals surface area contributed by atoms with Gasteiger partial charge in [-0.1, -0.05) is 12.1 Å². The average molecular weight is 304 g/mol. The van der Waals surface area contributed by atoms with Gasteiger partial charge < -0.3 is 15.0 Å². The molecule has 1 aromatic carbocycles. The number of hydrogen-bond acceptors (Lipinski definition) is 5. The van der Waals surface area contributed by atoms with Crippen molar-refractivity contribution in [2.24, 2.45) is 0 Å². The van der Waals surface area contributed by atoms with Gasteiger partial charge in [-0.2, -0.15) is 0 Å². The van der Waals surface area contributed by atoms with Gasteiger partial charge in [0.2, 0.25) is 5.95 Å². The van der Waals surface area contributed by atoms with Gasteiger partial charge in [0.05, 0.1) is 23.6 Å². The first kappa shape index (κ1) is 16.5. The predicted octanol–water partition coefficient (Wildman–Crippen LogP) is 1.58. The van der Waals surface area contributed by atoms with E-state index in [0.717, 1.165) is 13.1 Å². The number of likely N-dealkylation sites (N-methyl/N-ethyl adjacent to an activating group) is 1. The molecule has 0 bridgehead atoms. The Morgan fingerprint density at radius 3 is 2.77 bits per heavy atom. The van der Waals surface area contributed by atoms with Gasteiger partial charge in [0.25, 0.3) is 5.56 Å². The summed E-state index contributed by atoms with van der Waals surface area (Å²) in [4.78, 5) is 19.5. The van der Waals surface area contributed by atoms with Crippen molar-refractivity contribution in [1.29, 1.82) is 0 Å². The summed E-state index contributed by atoms with van der Waals surface area (Å²) in [5.41, 5.74) is 0.670. The van der Waals surface area contributed by atoms with Crippen molar-refractivity contribution in [1.82, 2.24) is 14.5 Å². The summed E-state index contributed by atoms with van der Waals surface area (Å²) in [6, 6.07) is 7.33. The highest BCUT2D eigenvalue weighted by Crippen LogP contribution is 2.15. The monoisotopic (exact) mass is 304 g/mol. The van der Waals surface area contributed by atoms with Gasteiger partial charge >= 0.3 is 0 Å². The highest BCUT2D eigenvalue weighted by molar-refractivity contribution is 5.78. The van der Waals surface area contributed by atoms with Gasteiger partial charge in [-0.25, -0.2) is 4.98 Å². The predicted molar refractivity (Wildman–Crippen MR) is 89.6 cm³/mol. The zero-order valence-corrected chi connectivity index (χ0v) is 13.7. The smallest absolute Gasteiger partial charge is 0.263 e. The van der Waals surface area contributed by atoms with Crippen LogP contribution in [0.2, 0.25) is 0 Å². The van der Waals surface area contributed by atoms with Crippen LogP contribution in [-0.2, 0) is 4.74 Å². The number of para-hydroxylation sites is 1. The van der Waals surface area contributed by atoms with Crippen LogP contribution >= 0.6 is 0 Å². The van der Waals surface area contributed by atoms with E-state index in [2.05, 4.69) is 15.2 Å². The van der Waals surface area contributed by atoms with Crippen LogP contribution in [0.1, 0.15) is 13.0 Å². The third-order valence-corrected chi connectivity index (χ3v) is 3.50. The maximum absolute atomic E-state index is 12.8. The molecule has 1 heterocycles. The summed E-state index contributed by atoms with van der Waals surface area (Å²) in [6.45, 7) is 4.00. The minimum Gasteiger partial charge on any atom is -0.383 e. The first-order valence-corrected chi connectivity index (χ1v) is 7.43. The molecule has 0 saturated heterocycles. The second-order valence-corrected chi connectivity index (χ2v) is 5.66. The highest BCUT2D eigenvalue weighted by Gasteiger charge is 2.15. The minimum absolute atomic E-state index is 0.0393. The summed E-state index contributed by atoms with van der Waals surface area (Å²) >= 11 is 0. The molecule has 0 saturated carbocycles. The number of aromatic nitrogens is 2. The average Bonchev–Trinajstić information content (AvgIpc) is 2.47. The Bertz CT molecular complexity index is 681. The molecular formula is C16H24N4O2. The largest absolute Gasteiger partial charge is 0.383 e. The lowest BCUT2D eigenvalue weighted by Gasteiger charge is -2.20. The lowest BCUT2D eigenvalue weighted by atomic mass is 10.2. The van der Waals surface area contributed by atoms with Crippen molar-refractivity contribution in [3.63, 3.8) is 0 Å². The van der Waals surface area contributed by atoms with E-state index in [4.69, 9.17) is 4.74 Å². The summed E-state index contributed by atoms with van der Waals surface area (Å²) < 4.78 is 6.88. The molecular weight excluding hydrogens is 280 g/mol. The number of methoxy groups -OCH3 is 1. The molecule has 6 nitrogen and oxygen atoms in total. The van der Waals surface area contributed by atoms with Crippen LogP contribution in [0, 0.1) is 0 Å². The molecule has 0 amide bonds. The summed E-state index contributed by atoms with van der Waals surface area (Å²) in [7, 11) is 5.65. The van der Waals surface area contributed by atoms with Crippen molar-refractivity contribution in [2.45, 2.75) is 13.0 Å². The van der Waals surface area contributed by atoms with E-state index in [1.165, 1.54) is 0 Å². The number of nitrogens with zero attached hydrogens (tertiary/aromatic N) is 3. The molecule has 120 valence electrons. The van der Waals surface area contributed by atoms with Crippen molar-refractivity contribution < 1.29 is 4.74 Å². The maximum Gasteiger partial charge on any atom is 0.263 e. The fraction of sp³-hybridized carbons (Fsp3) is 0.500. The van der Waals surface area contributed by atoms with Gasteiger partial charge in [0.1, 0.15) is 0 Å². The molecule has 0 spiro atoms. The first-order chi connectivity index (χ1) is 10.5. The number of fused-ring (bicyclic) bond motifs is 1. The van der Waals surface area contributed by atoms with E-state index < -0.39 is 0 Å². The maximum atomic E-state index is 12.8. The van der Waals surface area contributed by atoms with Crippen LogP contribution in [0.15, 0.2) is 29.1 Å².